The topological polar surface area (TPSA) is 113 Å². The van der Waals surface area contributed by atoms with Gasteiger partial charge < -0.3 is 5.32 Å². The van der Waals surface area contributed by atoms with Gasteiger partial charge in [0.05, 0.1) is 6.42 Å². The van der Waals surface area contributed by atoms with E-state index >= 15 is 0 Å². The Morgan fingerprint density at radius 1 is 0.780 bits per heavy atom. The molecule has 1 aliphatic heterocycles. The molecule has 0 saturated carbocycles. The zero-order valence-corrected chi connectivity index (χ0v) is 25.1. The van der Waals surface area contributed by atoms with Crippen LogP contribution in [-0.2, 0) is 28.9 Å². The lowest BCUT2D eigenvalue weighted by molar-refractivity contribution is -0.122. The van der Waals surface area contributed by atoms with Crippen LogP contribution in [0.4, 0.5) is 10.3 Å². The first-order chi connectivity index (χ1) is 20.1. The van der Waals surface area contributed by atoms with Crippen molar-refractivity contribution >= 4 is 56.5 Å². The Kier molecular flexibility index (Phi) is 10.8. The Labute approximate surface area is 252 Å². The second-order valence-electron chi connectivity index (χ2n) is 9.72. The molecule has 0 spiro atoms. The summed E-state index contributed by atoms with van der Waals surface area (Å²) in [6.45, 7) is 1.85. The van der Waals surface area contributed by atoms with Crippen molar-refractivity contribution in [2.75, 3.05) is 35.2 Å². The predicted molar refractivity (Wildman–Crippen MR) is 167 cm³/mol. The number of carbonyl (C=O) groups excluding carboxylic acids is 2. The molecule has 2 amide bonds. The molecule has 2 N–H and O–H groups in total. The number of hydrogen-bond acceptors (Lipinski definition) is 10. The number of nitrogens with zero attached hydrogens (tertiary/aromatic N) is 5. The number of carbonyl (C=O) groups is 2. The van der Waals surface area contributed by atoms with Gasteiger partial charge in [-0.2, -0.15) is 11.8 Å². The Hall–Kier alpha value is -3.19. The van der Waals surface area contributed by atoms with Crippen LogP contribution in [0.3, 0.4) is 0 Å². The van der Waals surface area contributed by atoms with Crippen molar-refractivity contribution in [3.05, 3.63) is 81.8 Å². The molecule has 9 nitrogen and oxygen atoms in total. The summed E-state index contributed by atoms with van der Waals surface area (Å²) in [5.41, 5.74) is 1.97. The van der Waals surface area contributed by atoms with Gasteiger partial charge in [0.25, 0.3) is 0 Å². The maximum absolute atomic E-state index is 13.3. The van der Waals surface area contributed by atoms with Crippen LogP contribution < -0.4 is 10.6 Å². The minimum absolute atomic E-state index is 0.0529. The van der Waals surface area contributed by atoms with Gasteiger partial charge in [0.1, 0.15) is 16.1 Å². The lowest BCUT2D eigenvalue weighted by atomic mass is 10.0. The summed E-state index contributed by atoms with van der Waals surface area (Å²) in [7, 11) is 0. The highest BCUT2D eigenvalue weighted by Gasteiger charge is 2.29. The van der Waals surface area contributed by atoms with E-state index in [0.29, 0.717) is 16.7 Å². The van der Waals surface area contributed by atoms with Gasteiger partial charge in [-0.25, -0.2) is 0 Å². The lowest BCUT2D eigenvalue weighted by Gasteiger charge is -2.33. The van der Waals surface area contributed by atoms with E-state index < -0.39 is 0 Å². The Morgan fingerprint density at radius 2 is 1.37 bits per heavy atom. The number of likely N-dealkylation sites (tertiary alicyclic amines) is 1. The molecule has 214 valence electrons. The standard InChI is InChI=1S/C29H33N7O2S3/c37-23(20-21-10-4-1-5-11-21)30-28-34-32-24(40-28)14-18-39-19-15-25-33-35-29(41-25)31-27(38)26(22-12-6-2-7-13-22)36-16-8-3-9-17-36/h1-2,4-7,10-13,26H,3,8-9,14-20H2,(H,30,34,37)(H,31,35,38). The SMILES string of the molecule is O=C(Cc1ccccc1)Nc1nnc(CCSCCc2nnc(NC(=O)C(c3ccccc3)N3CCCCC3)s2)s1. The highest BCUT2D eigenvalue weighted by atomic mass is 32.2. The first-order valence-corrected chi connectivity index (χ1v) is 16.6. The largest absolute Gasteiger partial charge is 0.300 e. The molecule has 1 atom stereocenters. The zero-order chi connectivity index (χ0) is 28.3. The van der Waals surface area contributed by atoms with Gasteiger partial charge in [-0.1, -0.05) is 89.8 Å². The van der Waals surface area contributed by atoms with Crippen LogP contribution in [0.1, 0.15) is 46.4 Å². The molecule has 0 aliphatic carbocycles. The number of aryl methyl sites for hydroxylation is 2. The third-order valence-electron chi connectivity index (χ3n) is 6.66. The van der Waals surface area contributed by atoms with Crippen molar-refractivity contribution in [1.29, 1.82) is 0 Å². The van der Waals surface area contributed by atoms with E-state index in [4.69, 9.17) is 0 Å². The van der Waals surface area contributed by atoms with Crippen molar-refractivity contribution < 1.29 is 9.59 Å². The number of nitrogens with one attached hydrogen (secondary N) is 2. The molecule has 4 aromatic rings. The molecule has 41 heavy (non-hydrogen) atoms. The van der Waals surface area contributed by atoms with Gasteiger partial charge in [-0.3, -0.25) is 19.8 Å². The molecule has 3 heterocycles. The van der Waals surface area contributed by atoms with E-state index in [-0.39, 0.29) is 17.9 Å². The van der Waals surface area contributed by atoms with E-state index in [0.717, 1.165) is 71.4 Å². The molecular weight excluding hydrogens is 575 g/mol. The van der Waals surface area contributed by atoms with Crippen LogP contribution >= 0.6 is 34.4 Å². The van der Waals surface area contributed by atoms with Crippen LogP contribution in [0, 0.1) is 0 Å². The van der Waals surface area contributed by atoms with Crippen molar-refractivity contribution in [1.82, 2.24) is 25.3 Å². The van der Waals surface area contributed by atoms with E-state index in [1.807, 2.05) is 72.4 Å². The van der Waals surface area contributed by atoms with Gasteiger partial charge in [-0.05, 0) is 48.6 Å². The Bertz CT molecular complexity index is 1390. The molecule has 12 heteroatoms. The molecule has 0 radical (unpaired) electrons. The molecular formula is C29H33N7O2S3. The quantitative estimate of drug-likeness (QED) is 0.198. The molecule has 5 rings (SSSR count). The third-order valence-corrected chi connectivity index (χ3v) is 9.44. The molecule has 1 aliphatic rings. The molecule has 1 fully saturated rings. The zero-order valence-electron chi connectivity index (χ0n) is 22.7. The monoisotopic (exact) mass is 607 g/mol. The van der Waals surface area contributed by atoms with E-state index in [2.05, 4.69) is 35.9 Å². The van der Waals surface area contributed by atoms with E-state index in [1.54, 1.807) is 0 Å². The fraction of sp³-hybridized carbons (Fsp3) is 0.379. The maximum atomic E-state index is 13.3. The fourth-order valence-corrected chi connectivity index (χ4v) is 7.33. The second kappa shape index (κ2) is 15.2. The minimum Gasteiger partial charge on any atom is -0.300 e. The Morgan fingerprint density at radius 3 is 2.00 bits per heavy atom. The molecule has 2 aromatic carbocycles. The second-order valence-corrected chi connectivity index (χ2v) is 13.1. The summed E-state index contributed by atoms with van der Waals surface area (Å²) in [6, 6.07) is 19.3. The number of thioether (sulfide) groups is 1. The summed E-state index contributed by atoms with van der Waals surface area (Å²) in [4.78, 5) is 27.9. The van der Waals surface area contributed by atoms with Gasteiger partial charge >= 0.3 is 0 Å². The number of aromatic nitrogens is 4. The smallest absolute Gasteiger partial charge is 0.248 e. The summed E-state index contributed by atoms with van der Waals surface area (Å²) in [6.07, 6.45) is 5.32. The first-order valence-electron chi connectivity index (χ1n) is 13.8. The molecule has 1 saturated heterocycles. The Balaban J connectivity index is 1.03. The summed E-state index contributed by atoms with van der Waals surface area (Å²) >= 11 is 4.66. The van der Waals surface area contributed by atoms with Crippen molar-refractivity contribution in [3.63, 3.8) is 0 Å². The number of anilines is 2. The summed E-state index contributed by atoms with van der Waals surface area (Å²) in [5.74, 6) is 1.64. The van der Waals surface area contributed by atoms with Gasteiger partial charge in [0, 0.05) is 12.8 Å². The highest BCUT2D eigenvalue weighted by molar-refractivity contribution is 7.99. The average Bonchev–Trinajstić information content (AvgIpc) is 3.63. The number of benzene rings is 2. The highest BCUT2D eigenvalue weighted by Crippen LogP contribution is 2.27. The molecule has 0 bridgehead atoms. The van der Waals surface area contributed by atoms with Crippen molar-refractivity contribution in [3.8, 4) is 0 Å². The van der Waals surface area contributed by atoms with Crippen molar-refractivity contribution in [2.24, 2.45) is 0 Å². The van der Waals surface area contributed by atoms with Gasteiger partial charge in [-0.15, -0.1) is 20.4 Å². The van der Waals surface area contributed by atoms with Gasteiger partial charge in [0.2, 0.25) is 22.1 Å². The van der Waals surface area contributed by atoms with Crippen molar-refractivity contribution in [2.45, 2.75) is 44.6 Å². The van der Waals surface area contributed by atoms with Gasteiger partial charge in [0.15, 0.2) is 0 Å². The molecule has 1 unspecified atom stereocenters. The number of piperidine rings is 1. The minimum atomic E-state index is -0.322. The first kappa shape index (κ1) is 29.3. The maximum Gasteiger partial charge on any atom is 0.248 e. The number of hydrogen-bond donors (Lipinski definition) is 2. The lowest BCUT2D eigenvalue weighted by Crippen LogP contribution is -2.40. The van der Waals surface area contributed by atoms with E-state index in [9.17, 15) is 9.59 Å². The average molecular weight is 608 g/mol. The number of rotatable bonds is 13. The van der Waals surface area contributed by atoms with Crippen LogP contribution in [0.2, 0.25) is 0 Å². The summed E-state index contributed by atoms with van der Waals surface area (Å²) in [5, 5.41) is 25.6. The molecule has 2 aromatic heterocycles. The van der Waals surface area contributed by atoms with Crippen LogP contribution in [0.25, 0.3) is 0 Å². The third kappa shape index (κ3) is 8.90. The predicted octanol–water partition coefficient (Wildman–Crippen LogP) is 5.25. The van der Waals surface area contributed by atoms with Crippen LogP contribution in [0.15, 0.2) is 60.7 Å². The van der Waals surface area contributed by atoms with E-state index in [1.165, 1.54) is 29.1 Å². The fourth-order valence-electron chi connectivity index (χ4n) is 4.69. The van der Waals surface area contributed by atoms with Crippen LogP contribution in [-0.4, -0.2) is 61.7 Å². The number of amides is 2. The normalized spacial score (nSPS) is 14.4. The van der Waals surface area contributed by atoms with Crippen LogP contribution in [0.5, 0.6) is 0 Å². The summed E-state index contributed by atoms with van der Waals surface area (Å²) < 4.78 is 0.